The molecule has 0 radical (unpaired) electrons. The van der Waals surface area contributed by atoms with Crippen molar-refractivity contribution in [2.75, 3.05) is 32.9 Å². The Bertz CT molecular complexity index is 548. The van der Waals surface area contributed by atoms with E-state index in [9.17, 15) is 14.7 Å². The number of carboxylic acid groups (broad SMARTS) is 1. The fourth-order valence-electron chi connectivity index (χ4n) is 3.03. The highest BCUT2D eigenvalue weighted by molar-refractivity contribution is 5.82. The average molecular weight is 335 g/mol. The van der Waals surface area contributed by atoms with Crippen molar-refractivity contribution in [3.8, 4) is 0 Å². The Kier molecular flexibility index (Phi) is 6.75. The first-order valence-corrected chi connectivity index (χ1v) is 8.30. The van der Waals surface area contributed by atoms with Crippen molar-refractivity contribution >= 4 is 11.9 Å². The molecule has 24 heavy (non-hydrogen) atoms. The number of hydrogen-bond acceptors (Lipinski definition) is 4. The Hall–Kier alpha value is -1.92. The number of carbonyl (C=O) groups excluding carboxylic acids is 1. The van der Waals surface area contributed by atoms with Crippen LogP contribution >= 0.6 is 0 Å². The number of benzene rings is 1. The third kappa shape index (κ3) is 4.55. The summed E-state index contributed by atoms with van der Waals surface area (Å²) in [7, 11) is 0. The van der Waals surface area contributed by atoms with Crippen LogP contribution in [0, 0.1) is 5.92 Å². The van der Waals surface area contributed by atoms with E-state index in [-0.39, 0.29) is 18.4 Å². The Morgan fingerprint density at radius 3 is 2.58 bits per heavy atom. The van der Waals surface area contributed by atoms with Gasteiger partial charge in [0.05, 0.1) is 19.1 Å². The van der Waals surface area contributed by atoms with E-state index in [1.807, 2.05) is 37.3 Å². The minimum absolute atomic E-state index is 0.170. The first-order valence-electron chi connectivity index (χ1n) is 8.30. The molecule has 1 amide bonds. The Labute approximate surface area is 142 Å². The Morgan fingerprint density at radius 1 is 1.25 bits per heavy atom. The molecule has 1 aromatic carbocycles. The molecule has 1 aliphatic rings. The quantitative estimate of drug-likeness (QED) is 0.733. The van der Waals surface area contributed by atoms with E-state index in [4.69, 9.17) is 9.47 Å². The summed E-state index contributed by atoms with van der Waals surface area (Å²) in [4.78, 5) is 25.7. The lowest BCUT2D eigenvalue weighted by Crippen LogP contribution is -2.38. The first kappa shape index (κ1) is 18.4. The van der Waals surface area contributed by atoms with Gasteiger partial charge in [-0.15, -0.1) is 0 Å². The van der Waals surface area contributed by atoms with E-state index in [1.54, 1.807) is 11.8 Å². The summed E-state index contributed by atoms with van der Waals surface area (Å²) in [6.45, 7) is 5.61. The van der Waals surface area contributed by atoms with E-state index in [1.165, 1.54) is 0 Å². The minimum atomic E-state index is -0.871. The average Bonchev–Trinajstić information content (AvgIpc) is 3.04. The predicted molar refractivity (Wildman–Crippen MR) is 88.8 cm³/mol. The molecule has 132 valence electrons. The van der Waals surface area contributed by atoms with Crippen molar-refractivity contribution in [2.24, 2.45) is 5.92 Å². The number of carbonyl (C=O) groups is 2. The third-order valence-corrected chi connectivity index (χ3v) is 4.32. The molecule has 1 saturated heterocycles. The van der Waals surface area contributed by atoms with E-state index in [0.29, 0.717) is 26.4 Å². The molecule has 1 N–H and O–H groups in total. The highest BCUT2D eigenvalue weighted by Gasteiger charge is 2.41. The maximum absolute atomic E-state index is 12.5. The van der Waals surface area contributed by atoms with Gasteiger partial charge in [0.25, 0.3) is 5.91 Å². The van der Waals surface area contributed by atoms with Crippen LogP contribution in [-0.4, -0.2) is 60.9 Å². The van der Waals surface area contributed by atoms with Gasteiger partial charge in [-0.25, -0.2) is 0 Å². The predicted octanol–water partition coefficient (Wildman–Crippen LogP) is 1.75. The standard InChI is InChI=1S/C18H25NO5/c1-3-23-9-10-24-13(2)17(20)19-11-15(16(12-19)18(21)22)14-7-5-4-6-8-14/h4-8,13,15-16H,3,9-12H2,1-2H3,(H,21,22). The SMILES string of the molecule is CCOCCOC(C)C(=O)N1CC(C(=O)O)C(c2ccccc2)C1. The largest absolute Gasteiger partial charge is 0.481 e. The number of aliphatic carboxylic acids is 1. The molecule has 0 aromatic heterocycles. The highest BCUT2D eigenvalue weighted by atomic mass is 16.5. The molecule has 0 bridgehead atoms. The van der Waals surface area contributed by atoms with Gasteiger partial charge in [0.15, 0.2) is 0 Å². The van der Waals surface area contributed by atoms with Gasteiger partial charge in [0.1, 0.15) is 6.10 Å². The van der Waals surface area contributed by atoms with Gasteiger partial charge in [-0.3, -0.25) is 9.59 Å². The van der Waals surface area contributed by atoms with Crippen LogP contribution in [0.3, 0.4) is 0 Å². The van der Waals surface area contributed by atoms with E-state index >= 15 is 0 Å². The molecule has 6 nitrogen and oxygen atoms in total. The van der Waals surface area contributed by atoms with Gasteiger partial charge in [-0.05, 0) is 19.4 Å². The van der Waals surface area contributed by atoms with Gasteiger partial charge in [0.2, 0.25) is 0 Å². The maximum atomic E-state index is 12.5. The van der Waals surface area contributed by atoms with Crippen LogP contribution in [-0.2, 0) is 19.1 Å². The molecular formula is C18H25NO5. The topological polar surface area (TPSA) is 76.1 Å². The summed E-state index contributed by atoms with van der Waals surface area (Å²) in [5, 5.41) is 9.50. The number of rotatable bonds is 8. The summed E-state index contributed by atoms with van der Waals surface area (Å²) < 4.78 is 10.7. The molecule has 0 saturated carbocycles. The maximum Gasteiger partial charge on any atom is 0.308 e. The van der Waals surface area contributed by atoms with Gasteiger partial charge >= 0.3 is 5.97 Å². The van der Waals surface area contributed by atoms with Gasteiger partial charge in [0, 0.05) is 25.6 Å². The second-order valence-corrected chi connectivity index (χ2v) is 5.92. The normalized spacial score (nSPS) is 21.7. The molecule has 3 unspecified atom stereocenters. The van der Waals surface area contributed by atoms with Crippen molar-refractivity contribution in [1.82, 2.24) is 4.90 Å². The highest BCUT2D eigenvalue weighted by Crippen LogP contribution is 2.33. The molecule has 1 aliphatic heterocycles. The number of nitrogens with zero attached hydrogens (tertiary/aromatic N) is 1. The zero-order valence-electron chi connectivity index (χ0n) is 14.2. The molecule has 0 spiro atoms. The van der Waals surface area contributed by atoms with Crippen molar-refractivity contribution < 1.29 is 24.2 Å². The van der Waals surface area contributed by atoms with E-state index < -0.39 is 18.0 Å². The smallest absolute Gasteiger partial charge is 0.308 e. The van der Waals surface area contributed by atoms with Crippen LogP contribution in [0.25, 0.3) is 0 Å². The van der Waals surface area contributed by atoms with E-state index in [0.717, 1.165) is 5.56 Å². The molecule has 1 aromatic rings. The number of amides is 1. The van der Waals surface area contributed by atoms with Crippen LogP contribution in [0.15, 0.2) is 30.3 Å². The van der Waals surface area contributed by atoms with Crippen molar-refractivity contribution in [3.63, 3.8) is 0 Å². The fraction of sp³-hybridized carbons (Fsp3) is 0.556. The summed E-state index contributed by atoms with van der Waals surface area (Å²) in [6.07, 6.45) is -0.602. The zero-order chi connectivity index (χ0) is 17.5. The summed E-state index contributed by atoms with van der Waals surface area (Å²) in [6, 6.07) is 9.50. The van der Waals surface area contributed by atoms with Crippen LogP contribution in [0.4, 0.5) is 0 Å². The molecular weight excluding hydrogens is 310 g/mol. The number of hydrogen-bond donors (Lipinski definition) is 1. The zero-order valence-corrected chi connectivity index (χ0v) is 14.2. The Morgan fingerprint density at radius 2 is 1.96 bits per heavy atom. The second kappa shape index (κ2) is 8.80. The second-order valence-electron chi connectivity index (χ2n) is 5.92. The molecule has 1 fully saturated rings. The summed E-state index contributed by atoms with van der Waals surface area (Å²) in [5.41, 5.74) is 0.949. The van der Waals surface area contributed by atoms with Crippen LogP contribution in [0.5, 0.6) is 0 Å². The lowest BCUT2D eigenvalue weighted by Gasteiger charge is -2.21. The molecule has 2 rings (SSSR count). The van der Waals surface area contributed by atoms with Crippen molar-refractivity contribution in [2.45, 2.75) is 25.9 Å². The third-order valence-electron chi connectivity index (χ3n) is 4.32. The van der Waals surface area contributed by atoms with Gasteiger partial charge < -0.3 is 19.5 Å². The summed E-state index contributed by atoms with van der Waals surface area (Å²) in [5.74, 6) is -1.82. The lowest BCUT2D eigenvalue weighted by atomic mass is 9.89. The monoisotopic (exact) mass is 335 g/mol. The molecule has 0 aliphatic carbocycles. The number of likely N-dealkylation sites (tertiary alicyclic amines) is 1. The Balaban J connectivity index is 1.99. The van der Waals surface area contributed by atoms with Gasteiger partial charge in [-0.1, -0.05) is 30.3 Å². The first-order chi connectivity index (χ1) is 11.5. The van der Waals surface area contributed by atoms with Crippen LogP contribution in [0.2, 0.25) is 0 Å². The molecule has 3 atom stereocenters. The lowest BCUT2D eigenvalue weighted by molar-refractivity contribution is -0.144. The molecule has 6 heteroatoms. The van der Waals surface area contributed by atoms with E-state index in [2.05, 4.69) is 0 Å². The van der Waals surface area contributed by atoms with Crippen molar-refractivity contribution in [3.05, 3.63) is 35.9 Å². The molecule has 1 heterocycles. The minimum Gasteiger partial charge on any atom is -0.481 e. The number of ether oxygens (including phenoxy) is 2. The summed E-state index contributed by atoms with van der Waals surface area (Å²) >= 11 is 0. The fourth-order valence-corrected chi connectivity index (χ4v) is 3.03. The van der Waals surface area contributed by atoms with Gasteiger partial charge in [-0.2, -0.15) is 0 Å². The van der Waals surface area contributed by atoms with Crippen molar-refractivity contribution in [1.29, 1.82) is 0 Å². The number of carboxylic acids is 1. The van der Waals surface area contributed by atoms with Crippen LogP contribution < -0.4 is 0 Å². The van der Waals surface area contributed by atoms with Crippen LogP contribution in [0.1, 0.15) is 25.3 Å².